The van der Waals surface area contributed by atoms with Crippen LogP contribution in [0, 0.1) is 20.8 Å². The van der Waals surface area contributed by atoms with Crippen LogP contribution in [0.1, 0.15) is 49.4 Å². The topological polar surface area (TPSA) is 86.8 Å². The second kappa shape index (κ2) is 13.7. The number of amides is 2. The monoisotopic (exact) mass is 617 g/mol. The molecule has 0 bridgehead atoms. The molecule has 0 saturated heterocycles. The molecule has 3 rings (SSSR count). The maximum atomic E-state index is 14.1. The van der Waals surface area contributed by atoms with Crippen molar-refractivity contribution in [2.24, 2.45) is 0 Å². The van der Waals surface area contributed by atoms with Crippen molar-refractivity contribution in [2.45, 2.75) is 71.5 Å². The van der Waals surface area contributed by atoms with E-state index in [0.29, 0.717) is 27.7 Å². The maximum Gasteiger partial charge on any atom is 0.264 e. The van der Waals surface area contributed by atoms with Crippen LogP contribution in [0.15, 0.2) is 65.6 Å². The molecule has 3 aromatic carbocycles. The minimum absolute atomic E-state index is 0.0328. The van der Waals surface area contributed by atoms with Gasteiger partial charge in [-0.1, -0.05) is 60.0 Å². The van der Waals surface area contributed by atoms with Gasteiger partial charge in [-0.3, -0.25) is 13.9 Å². The molecular weight excluding hydrogens is 581 g/mol. The van der Waals surface area contributed by atoms with Gasteiger partial charge in [0.05, 0.1) is 20.6 Å². The van der Waals surface area contributed by atoms with E-state index < -0.39 is 28.5 Å². The highest BCUT2D eigenvalue weighted by Crippen LogP contribution is 2.28. The summed E-state index contributed by atoms with van der Waals surface area (Å²) in [6.07, 6.45) is 0.319. The summed E-state index contributed by atoms with van der Waals surface area (Å²) in [5.74, 6) is -0.856. The van der Waals surface area contributed by atoms with E-state index in [1.54, 1.807) is 42.5 Å². The van der Waals surface area contributed by atoms with Crippen molar-refractivity contribution in [3.8, 4) is 0 Å². The lowest BCUT2D eigenvalue weighted by molar-refractivity contribution is -0.140. The Morgan fingerprint density at radius 3 is 2.10 bits per heavy atom. The summed E-state index contributed by atoms with van der Waals surface area (Å²) in [5, 5.41) is 3.56. The van der Waals surface area contributed by atoms with E-state index in [9.17, 15) is 18.0 Å². The molecule has 1 N–H and O–H groups in total. The van der Waals surface area contributed by atoms with Gasteiger partial charge in [-0.05, 0) is 94.1 Å². The fourth-order valence-electron chi connectivity index (χ4n) is 4.38. The first-order valence-corrected chi connectivity index (χ1v) is 15.6. The molecule has 2 amide bonds. The largest absolute Gasteiger partial charge is 0.352 e. The molecular formula is C31H37Cl2N3O4S. The zero-order valence-corrected chi connectivity index (χ0v) is 26.6. The van der Waals surface area contributed by atoms with E-state index in [2.05, 4.69) is 5.32 Å². The second-order valence-electron chi connectivity index (χ2n) is 10.5. The number of hydrogen-bond donors (Lipinski definition) is 1. The first-order chi connectivity index (χ1) is 19.2. The van der Waals surface area contributed by atoms with Crippen molar-refractivity contribution in [3.63, 3.8) is 0 Å². The van der Waals surface area contributed by atoms with Crippen LogP contribution in [-0.2, 0) is 26.2 Å². The number of halogens is 2. The molecule has 0 saturated carbocycles. The summed E-state index contributed by atoms with van der Waals surface area (Å²) >= 11 is 12.4. The van der Waals surface area contributed by atoms with E-state index in [0.717, 1.165) is 21.0 Å². The lowest BCUT2D eigenvalue weighted by atomic mass is 10.1. The van der Waals surface area contributed by atoms with Crippen LogP contribution < -0.4 is 9.62 Å². The summed E-state index contributed by atoms with van der Waals surface area (Å²) < 4.78 is 29.1. The summed E-state index contributed by atoms with van der Waals surface area (Å²) in [6.45, 7) is 10.7. The number of aryl methyl sites for hydroxylation is 3. The number of carbonyl (C=O) groups excluding carboxylic acids is 2. The van der Waals surface area contributed by atoms with Gasteiger partial charge in [-0.15, -0.1) is 0 Å². The van der Waals surface area contributed by atoms with Gasteiger partial charge < -0.3 is 10.2 Å². The number of nitrogens with zero attached hydrogens (tertiary/aromatic N) is 2. The molecule has 0 aliphatic heterocycles. The van der Waals surface area contributed by atoms with Crippen molar-refractivity contribution < 1.29 is 18.0 Å². The lowest BCUT2D eigenvalue weighted by Crippen LogP contribution is -2.53. The van der Waals surface area contributed by atoms with Gasteiger partial charge in [-0.2, -0.15) is 0 Å². The average Bonchev–Trinajstić information content (AvgIpc) is 2.90. The highest BCUT2D eigenvalue weighted by molar-refractivity contribution is 7.92. The third kappa shape index (κ3) is 8.03. The Labute approximate surface area is 253 Å². The molecule has 0 aliphatic rings. The third-order valence-corrected chi connectivity index (χ3v) is 9.35. The Hall–Kier alpha value is -3.07. The van der Waals surface area contributed by atoms with Gasteiger partial charge in [0.1, 0.15) is 12.6 Å². The fraction of sp³-hybridized carbons (Fsp3) is 0.355. The van der Waals surface area contributed by atoms with Crippen molar-refractivity contribution in [2.75, 3.05) is 10.8 Å². The standard InChI is InChI=1S/C31H37Cl2N3O4S/c1-7-29(31(38)34-20(2)3)35(18-24-11-15-27(32)28(33)17-24)30(37)19-36(25-12-10-22(5)23(6)16-25)41(39,40)26-13-8-21(4)9-14-26/h8-17,20,29H,7,18-19H2,1-6H3,(H,34,38). The molecule has 0 spiro atoms. The Kier molecular flexibility index (Phi) is 10.9. The predicted octanol–water partition coefficient (Wildman–Crippen LogP) is 6.45. The normalized spacial score (nSPS) is 12.2. The molecule has 0 heterocycles. The van der Waals surface area contributed by atoms with Gasteiger partial charge in [0.25, 0.3) is 10.0 Å². The van der Waals surface area contributed by atoms with Crippen molar-refractivity contribution in [1.82, 2.24) is 10.2 Å². The summed E-state index contributed by atoms with van der Waals surface area (Å²) in [4.78, 5) is 28.9. The van der Waals surface area contributed by atoms with Crippen LogP contribution in [0.25, 0.3) is 0 Å². The third-order valence-electron chi connectivity index (χ3n) is 6.82. The Morgan fingerprint density at radius 1 is 0.878 bits per heavy atom. The first kappa shape index (κ1) is 32.4. The molecule has 1 atom stereocenters. The Bertz CT molecular complexity index is 1510. The predicted molar refractivity (Wildman–Crippen MR) is 166 cm³/mol. The van der Waals surface area contributed by atoms with E-state index in [-0.39, 0.29) is 23.4 Å². The maximum absolute atomic E-state index is 14.1. The van der Waals surface area contributed by atoms with E-state index in [1.165, 1.54) is 17.0 Å². The van der Waals surface area contributed by atoms with Crippen LogP contribution in [0.3, 0.4) is 0 Å². The summed E-state index contributed by atoms with van der Waals surface area (Å²) in [5.41, 5.74) is 3.80. The summed E-state index contributed by atoms with van der Waals surface area (Å²) in [6, 6.07) is 15.8. The van der Waals surface area contributed by atoms with Crippen LogP contribution >= 0.6 is 23.2 Å². The smallest absolute Gasteiger partial charge is 0.264 e. The average molecular weight is 619 g/mol. The number of benzene rings is 3. The number of nitrogens with one attached hydrogen (secondary N) is 1. The quantitative estimate of drug-likeness (QED) is 0.268. The van der Waals surface area contributed by atoms with Gasteiger partial charge in [0.15, 0.2) is 0 Å². The van der Waals surface area contributed by atoms with Crippen LogP contribution in [0.4, 0.5) is 5.69 Å². The molecule has 0 aromatic heterocycles. The van der Waals surface area contributed by atoms with E-state index >= 15 is 0 Å². The highest BCUT2D eigenvalue weighted by atomic mass is 35.5. The van der Waals surface area contributed by atoms with Crippen LogP contribution in [-0.4, -0.2) is 43.8 Å². The zero-order chi connectivity index (χ0) is 30.5. The number of anilines is 1. The summed E-state index contributed by atoms with van der Waals surface area (Å²) in [7, 11) is -4.14. The number of sulfonamides is 1. The molecule has 3 aromatic rings. The van der Waals surface area contributed by atoms with Crippen LogP contribution in [0.2, 0.25) is 10.0 Å². The van der Waals surface area contributed by atoms with Gasteiger partial charge in [-0.25, -0.2) is 8.42 Å². The van der Waals surface area contributed by atoms with Crippen LogP contribution in [0.5, 0.6) is 0 Å². The first-order valence-electron chi connectivity index (χ1n) is 13.4. The minimum atomic E-state index is -4.14. The van der Waals surface area contributed by atoms with Gasteiger partial charge in [0.2, 0.25) is 11.8 Å². The molecule has 0 radical (unpaired) electrons. The van der Waals surface area contributed by atoms with Gasteiger partial charge >= 0.3 is 0 Å². The number of rotatable bonds is 11. The molecule has 7 nitrogen and oxygen atoms in total. The zero-order valence-electron chi connectivity index (χ0n) is 24.2. The highest BCUT2D eigenvalue weighted by Gasteiger charge is 2.34. The lowest BCUT2D eigenvalue weighted by Gasteiger charge is -2.33. The van der Waals surface area contributed by atoms with E-state index in [1.807, 2.05) is 47.6 Å². The molecule has 41 heavy (non-hydrogen) atoms. The minimum Gasteiger partial charge on any atom is -0.352 e. The number of carbonyl (C=O) groups is 2. The van der Waals surface area contributed by atoms with Crippen molar-refractivity contribution in [1.29, 1.82) is 0 Å². The van der Waals surface area contributed by atoms with Gasteiger partial charge in [0, 0.05) is 12.6 Å². The second-order valence-corrected chi connectivity index (χ2v) is 13.1. The molecule has 0 aliphatic carbocycles. The SMILES string of the molecule is CCC(C(=O)NC(C)C)N(Cc1ccc(Cl)c(Cl)c1)C(=O)CN(c1ccc(C)c(C)c1)S(=O)(=O)c1ccc(C)cc1. The Morgan fingerprint density at radius 2 is 1.54 bits per heavy atom. The van der Waals surface area contributed by atoms with E-state index in [4.69, 9.17) is 23.2 Å². The Balaban J connectivity index is 2.10. The molecule has 0 fully saturated rings. The van der Waals surface area contributed by atoms with Crippen molar-refractivity contribution >= 4 is 50.7 Å². The molecule has 220 valence electrons. The molecule has 10 heteroatoms. The molecule has 1 unspecified atom stereocenters. The number of hydrogen-bond acceptors (Lipinski definition) is 4. The van der Waals surface area contributed by atoms with Crippen molar-refractivity contribution in [3.05, 3.63) is 93.0 Å². The fourth-order valence-corrected chi connectivity index (χ4v) is 6.11.